The molecule has 0 unspecified atom stereocenters. The number of nitrogens with one attached hydrogen (secondary N) is 1. The number of piperazine rings is 1. The molecular weight excluding hydrogens is 398 g/mol. The maximum atomic E-state index is 12.4. The summed E-state index contributed by atoms with van der Waals surface area (Å²) in [7, 11) is -1.52. The van der Waals surface area contributed by atoms with Crippen LogP contribution in [0.1, 0.15) is 31.5 Å². The molecule has 0 spiro atoms. The number of hydrogen-bond acceptors (Lipinski definition) is 6. The van der Waals surface area contributed by atoms with Crippen molar-refractivity contribution in [1.29, 1.82) is 0 Å². The number of thiazole rings is 1. The first-order valence-electron chi connectivity index (χ1n) is 9.84. The fourth-order valence-electron chi connectivity index (χ4n) is 2.96. The zero-order chi connectivity index (χ0) is 20.6. The van der Waals surface area contributed by atoms with E-state index < -0.39 is 10.0 Å². The van der Waals surface area contributed by atoms with Crippen LogP contribution in [0.2, 0.25) is 0 Å². The van der Waals surface area contributed by atoms with E-state index in [1.54, 1.807) is 22.7 Å². The molecule has 1 aromatic rings. The number of guanidine groups is 1. The summed E-state index contributed by atoms with van der Waals surface area (Å²) in [6, 6.07) is 0. The molecule has 8 nitrogen and oxygen atoms in total. The average molecular weight is 432 g/mol. The molecule has 2 rings (SSSR count). The molecule has 0 saturated carbocycles. The molecule has 0 amide bonds. The third kappa shape index (κ3) is 6.98. The normalized spacial score (nSPS) is 16.8. The molecular formula is C18H33N5O3S2. The monoisotopic (exact) mass is 431 g/mol. The summed E-state index contributed by atoms with van der Waals surface area (Å²) in [5.74, 6) is 0.845. The van der Waals surface area contributed by atoms with E-state index in [-0.39, 0.29) is 18.5 Å². The second-order valence-electron chi connectivity index (χ2n) is 6.93. The predicted octanol–water partition coefficient (Wildman–Crippen LogP) is 1.20. The van der Waals surface area contributed by atoms with Gasteiger partial charge in [0.05, 0.1) is 29.2 Å². The Balaban J connectivity index is 1.76. The van der Waals surface area contributed by atoms with Crippen molar-refractivity contribution in [2.45, 2.75) is 39.7 Å². The zero-order valence-electron chi connectivity index (χ0n) is 17.3. The number of aromatic nitrogens is 1. The number of nitrogens with zero attached hydrogens (tertiary/aromatic N) is 4. The highest BCUT2D eigenvalue weighted by atomic mass is 32.2. The van der Waals surface area contributed by atoms with Gasteiger partial charge in [0.15, 0.2) is 5.96 Å². The molecule has 1 saturated heterocycles. The standard InChI is InChI=1S/C18H33N5O3S2/c1-5-17-21-16(14-27-17)6-7-20-18(19-4)22-8-10-23(11-9-22)28(24,25)13-12-26-15(2)3/h14-15H,5-13H2,1-4H3,(H,19,20). The lowest BCUT2D eigenvalue weighted by Crippen LogP contribution is -2.54. The van der Waals surface area contributed by atoms with Crippen molar-refractivity contribution in [3.63, 3.8) is 0 Å². The first-order chi connectivity index (χ1) is 13.4. The summed E-state index contributed by atoms with van der Waals surface area (Å²) in [5.41, 5.74) is 1.10. The van der Waals surface area contributed by atoms with E-state index in [9.17, 15) is 8.42 Å². The summed E-state index contributed by atoms with van der Waals surface area (Å²) in [6.07, 6.45) is 1.86. The van der Waals surface area contributed by atoms with E-state index >= 15 is 0 Å². The predicted molar refractivity (Wildman–Crippen MR) is 115 cm³/mol. The van der Waals surface area contributed by atoms with Crippen molar-refractivity contribution in [2.24, 2.45) is 4.99 Å². The van der Waals surface area contributed by atoms with E-state index in [1.807, 2.05) is 13.8 Å². The van der Waals surface area contributed by atoms with E-state index in [0.717, 1.165) is 36.0 Å². The molecule has 0 radical (unpaired) electrons. The minimum Gasteiger partial charge on any atom is -0.378 e. The SMILES string of the molecule is CCc1nc(CCNC(=NC)N2CCN(S(=O)(=O)CCOC(C)C)CC2)cs1. The van der Waals surface area contributed by atoms with Gasteiger partial charge in [0, 0.05) is 51.6 Å². The van der Waals surface area contributed by atoms with Crippen LogP contribution in [0.15, 0.2) is 10.4 Å². The van der Waals surface area contributed by atoms with Crippen molar-refractivity contribution >= 4 is 27.3 Å². The highest BCUT2D eigenvalue weighted by Gasteiger charge is 2.27. The van der Waals surface area contributed by atoms with Crippen molar-refractivity contribution in [3.8, 4) is 0 Å². The second-order valence-corrected chi connectivity index (χ2v) is 9.96. The fraction of sp³-hybridized carbons (Fsp3) is 0.778. The largest absolute Gasteiger partial charge is 0.378 e. The molecule has 1 fully saturated rings. The fourth-order valence-corrected chi connectivity index (χ4v) is 5.02. The van der Waals surface area contributed by atoms with Crippen LogP contribution >= 0.6 is 11.3 Å². The third-order valence-corrected chi connectivity index (χ3v) is 7.38. The lowest BCUT2D eigenvalue weighted by Gasteiger charge is -2.35. The van der Waals surface area contributed by atoms with Crippen molar-refractivity contribution in [1.82, 2.24) is 19.5 Å². The Labute approximate surface area is 173 Å². The summed E-state index contributed by atoms with van der Waals surface area (Å²) in [5, 5.41) is 6.64. The number of aliphatic imine (C=N–C) groups is 1. The number of hydrogen-bond donors (Lipinski definition) is 1. The Morgan fingerprint density at radius 1 is 1.36 bits per heavy atom. The van der Waals surface area contributed by atoms with Gasteiger partial charge in [-0.1, -0.05) is 6.92 Å². The van der Waals surface area contributed by atoms with Crippen molar-refractivity contribution < 1.29 is 13.2 Å². The van der Waals surface area contributed by atoms with E-state index in [2.05, 4.69) is 32.5 Å². The summed E-state index contributed by atoms with van der Waals surface area (Å²) in [6.45, 7) is 9.10. The van der Waals surface area contributed by atoms with Crippen LogP contribution in [0.4, 0.5) is 0 Å². The molecule has 28 heavy (non-hydrogen) atoms. The summed E-state index contributed by atoms with van der Waals surface area (Å²) >= 11 is 1.70. The molecule has 0 bridgehead atoms. The lowest BCUT2D eigenvalue weighted by molar-refractivity contribution is 0.0904. The number of aryl methyl sites for hydroxylation is 1. The molecule has 1 N–H and O–H groups in total. The smallest absolute Gasteiger partial charge is 0.216 e. The first-order valence-corrected chi connectivity index (χ1v) is 12.3. The van der Waals surface area contributed by atoms with Gasteiger partial charge >= 0.3 is 0 Å². The van der Waals surface area contributed by atoms with Gasteiger partial charge in [-0.2, -0.15) is 4.31 Å². The Hall–Kier alpha value is -1.23. The van der Waals surface area contributed by atoms with Crippen LogP contribution in [0, 0.1) is 0 Å². The topological polar surface area (TPSA) is 87.1 Å². The highest BCUT2D eigenvalue weighted by molar-refractivity contribution is 7.89. The molecule has 1 aliphatic heterocycles. The van der Waals surface area contributed by atoms with Crippen LogP contribution in [-0.2, 0) is 27.6 Å². The number of sulfonamides is 1. The van der Waals surface area contributed by atoms with Gasteiger partial charge in [0.1, 0.15) is 0 Å². The highest BCUT2D eigenvalue weighted by Crippen LogP contribution is 2.11. The Kier molecular flexibility index (Phi) is 9.13. The molecule has 160 valence electrons. The van der Waals surface area contributed by atoms with Gasteiger partial charge in [-0.25, -0.2) is 13.4 Å². The van der Waals surface area contributed by atoms with E-state index in [0.29, 0.717) is 26.2 Å². The first kappa shape index (κ1) is 23.1. The maximum Gasteiger partial charge on any atom is 0.216 e. The van der Waals surface area contributed by atoms with Crippen LogP contribution in [0.5, 0.6) is 0 Å². The van der Waals surface area contributed by atoms with Crippen LogP contribution < -0.4 is 5.32 Å². The number of rotatable bonds is 9. The minimum atomic E-state index is -3.27. The molecule has 0 aromatic carbocycles. The molecule has 1 aliphatic rings. The van der Waals surface area contributed by atoms with E-state index in [4.69, 9.17) is 4.74 Å². The number of ether oxygens (including phenoxy) is 1. The van der Waals surface area contributed by atoms with Gasteiger partial charge in [0.2, 0.25) is 10.0 Å². The second kappa shape index (κ2) is 11.1. The summed E-state index contributed by atoms with van der Waals surface area (Å²) in [4.78, 5) is 11.0. The molecule has 10 heteroatoms. The maximum absolute atomic E-state index is 12.4. The van der Waals surface area contributed by atoms with Crippen molar-refractivity contribution in [2.75, 3.05) is 52.1 Å². The van der Waals surface area contributed by atoms with Gasteiger partial charge in [-0.05, 0) is 20.3 Å². The molecule has 0 atom stereocenters. The van der Waals surface area contributed by atoms with E-state index in [1.165, 1.54) is 0 Å². The van der Waals surface area contributed by atoms with Gasteiger partial charge in [-0.15, -0.1) is 11.3 Å². The van der Waals surface area contributed by atoms with Crippen LogP contribution in [-0.4, -0.2) is 86.8 Å². The lowest BCUT2D eigenvalue weighted by atomic mass is 10.3. The Bertz CT molecular complexity index is 725. The van der Waals surface area contributed by atoms with Crippen molar-refractivity contribution in [3.05, 3.63) is 16.1 Å². The van der Waals surface area contributed by atoms with Crippen LogP contribution in [0.3, 0.4) is 0 Å². The Morgan fingerprint density at radius 3 is 2.64 bits per heavy atom. The average Bonchev–Trinajstić information content (AvgIpc) is 3.13. The summed E-state index contributed by atoms with van der Waals surface area (Å²) < 4.78 is 31.8. The third-order valence-electron chi connectivity index (χ3n) is 4.50. The van der Waals surface area contributed by atoms with Gasteiger partial charge in [-0.3, -0.25) is 4.99 Å². The van der Waals surface area contributed by atoms with Gasteiger partial charge < -0.3 is 15.0 Å². The molecule has 2 heterocycles. The zero-order valence-corrected chi connectivity index (χ0v) is 19.0. The minimum absolute atomic E-state index is 0.0333. The molecule has 1 aromatic heterocycles. The molecule has 0 aliphatic carbocycles. The van der Waals surface area contributed by atoms with Crippen LogP contribution in [0.25, 0.3) is 0 Å². The quantitative estimate of drug-likeness (QED) is 0.467. The van der Waals surface area contributed by atoms with Gasteiger partial charge in [0.25, 0.3) is 0 Å². The Morgan fingerprint density at radius 2 is 2.07 bits per heavy atom.